The Morgan fingerprint density at radius 3 is 2.57 bits per heavy atom. The number of hydrogen-bond acceptors (Lipinski definition) is 4. The molecular weight excluding hydrogens is 216 g/mol. The summed E-state index contributed by atoms with van der Waals surface area (Å²) < 4.78 is 0. The summed E-state index contributed by atoms with van der Waals surface area (Å²) in [6.45, 7) is 0.750. The summed E-state index contributed by atoms with van der Waals surface area (Å²) >= 11 is 3.67. The molecule has 1 aliphatic heterocycles. The molecular formula is C9H20N2OS2. The van der Waals surface area contributed by atoms with Gasteiger partial charge in [-0.2, -0.15) is 23.5 Å². The summed E-state index contributed by atoms with van der Waals surface area (Å²) in [6.07, 6.45) is 6.47. The number of hydrogen-bond donors (Lipinski definition) is 2. The van der Waals surface area contributed by atoms with Crippen LogP contribution in [0.15, 0.2) is 0 Å². The summed E-state index contributed by atoms with van der Waals surface area (Å²) in [5.74, 6) is 2.23. The van der Waals surface area contributed by atoms with Crippen molar-refractivity contribution >= 4 is 23.5 Å². The Hall–Kier alpha value is 0.580. The summed E-state index contributed by atoms with van der Waals surface area (Å²) in [5, 5.41) is 15.4. The van der Waals surface area contributed by atoms with Crippen LogP contribution in [0.25, 0.3) is 0 Å². The van der Waals surface area contributed by atoms with Crippen LogP contribution in [-0.4, -0.2) is 42.8 Å². The lowest BCUT2D eigenvalue weighted by Crippen LogP contribution is -3.10. The van der Waals surface area contributed by atoms with Crippen molar-refractivity contribution < 1.29 is 5.06 Å². The second-order valence-corrected chi connectivity index (χ2v) is 5.62. The lowest BCUT2D eigenvalue weighted by Gasteiger charge is -2.22. The van der Waals surface area contributed by atoms with E-state index in [0.29, 0.717) is 11.1 Å². The maximum atomic E-state index is 11.6. The van der Waals surface area contributed by atoms with Crippen molar-refractivity contribution in [2.75, 3.05) is 30.6 Å². The SMILES string of the molecule is CSCCC1C[NH+]([O-])C(CCSC)N1. The molecule has 0 spiro atoms. The molecule has 0 radical (unpaired) electrons. The van der Waals surface area contributed by atoms with Gasteiger partial charge in [0.25, 0.3) is 0 Å². The molecule has 0 aliphatic carbocycles. The monoisotopic (exact) mass is 236 g/mol. The zero-order valence-electron chi connectivity index (χ0n) is 8.91. The van der Waals surface area contributed by atoms with E-state index in [4.69, 9.17) is 0 Å². The molecule has 2 N–H and O–H groups in total. The first-order valence-electron chi connectivity index (χ1n) is 5.04. The average Bonchev–Trinajstić information content (AvgIpc) is 2.53. The lowest BCUT2D eigenvalue weighted by molar-refractivity contribution is -0.863. The second-order valence-electron chi connectivity index (χ2n) is 3.65. The minimum atomic E-state index is 0.148. The molecule has 3 nitrogen and oxygen atoms in total. The van der Waals surface area contributed by atoms with Crippen LogP contribution in [0.3, 0.4) is 0 Å². The fourth-order valence-electron chi connectivity index (χ4n) is 1.75. The number of rotatable bonds is 6. The van der Waals surface area contributed by atoms with Gasteiger partial charge < -0.3 is 10.3 Å². The molecule has 1 fully saturated rings. The Balaban J connectivity index is 2.21. The number of thioether (sulfide) groups is 2. The summed E-state index contributed by atoms with van der Waals surface area (Å²) in [4.78, 5) is 0. The van der Waals surface area contributed by atoms with Crippen molar-refractivity contribution in [3.05, 3.63) is 5.21 Å². The molecule has 3 unspecified atom stereocenters. The van der Waals surface area contributed by atoms with Gasteiger partial charge in [0, 0.05) is 12.2 Å². The molecule has 84 valence electrons. The van der Waals surface area contributed by atoms with Gasteiger partial charge in [-0.05, 0) is 24.7 Å². The third-order valence-corrected chi connectivity index (χ3v) is 3.84. The summed E-state index contributed by atoms with van der Waals surface area (Å²) in [6, 6.07) is 0.446. The first-order valence-corrected chi connectivity index (χ1v) is 7.83. The Kier molecular flexibility index (Phi) is 6.28. The molecule has 1 aliphatic rings. The molecule has 1 rings (SSSR count). The topological polar surface area (TPSA) is 39.5 Å². The minimum Gasteiger partial charge on any atom is -0.633 e. The minimum absolute atomic E-state index is 0.148. The van der Waals surface area contributed by atoms with Crippen LogP contribution in [0.1, 0.15) is 12.8 Å². The van der Waals surface area contributed by atoms with E-state index < -0.39 is 0 Å². The van der Waals surface area contributed by atoms with E-state index >= 15 is 0 Å². The van der Waals surface area contributed by atoms with Crippen LogP contribution in [0, 0.1) is 5.21 Å². The van der Waals surface area contributed by atoms with Crippen molar-refractivity contribution in [1.82, 2.24) is 5.32 Å². The quantitative estimate of drug-likeness (QED) is 0.645. The Morgan fingerprint density at radius 2 is 1.93 bits per heavy atom. The van der Waals surface area contributed by atoms with E-state index in [-0.39, 0.29) is 6.17 Å². The molecule has 5 heteroatoms. The van der Waals surface area contributed by atoms with E-state index in [1.54, 1.807) is 0 Å². The largest absolute Gasteiger partial charge is 0.633 e. The average molecular weight is 236 g/mol. The predicted molar refractivity (Wildman–Crippen MR) is 65.9 cm³/mol. The van der Waals surface area contributed by atoms with Gasteiger partial charge in [0.2, 0.25) is 0 Å². The normalized spacial score (nSPS) is 32.4. The zero-order valence-corrected chi connectivity index (χ0v) is 10.5. The molecule has 0 amide bonds. The fourth-order valence-corrected chi connectivity index (χ4v) is 2.74. The predicted octanol–water partition coefficient (Wildman–Crippen LogP) is 0.173. The van der Waals surface area contributed by atoms with Gasteiger partial charge in [0.05, 0.1) is 12.6 Å². The first-order chi connectivity index (χ1) is 6.77. The van der Waals surface area contributed by atoms with Gasteiger partial charge in [0.1, 0.15) is 6.17 Å². The van der Waals surface area contributed by atoms with E-state index in [2.05, 4.69) is 17.8 Å². The Labute approximate surface area is 95.0 Å². The standard InChI is InChI=1S/C9H20N2OS2/c1-13-5-3-8-7-11(12)9(10-8)4-6-14-2/h8-11H,3-7H2,1-2H3. The van der Waals surface area contributed by atoms with Crippen LogP contribution in [0.2, 0.25) is 0 Å². The van der Waals surface area contributed by atoms with Crippen LogP contribution < -0.4 is 10.4 Å². The molecule has 0 saturated carbocycles. The second kappa shape index (κ2) is 6.95. The molecule has 1 saturated heterocycles. The first kappa shape index (κ1) is 12.6. The Bertz CT molecular complexity index is 160. The van der Waals surface area contributed by atoms with Crippen LogP contribution in [0.5, 0.6) is 0 Å². The molecule has 0 aromatic carbocycles. The third-order valence-electron chi connectivity index (χ3n) is 2.55. The number of nitrogens with one attached hydrogen (secondary N) is 2. The van der Waals surface area contributed by atoms with E-state index in [1.807, 2.05) is 23.5 Å². The molecule has 3 atom stereocenters. The van der Waals surface area contributed by atoms with Crippen LogP contribution in [0.4, 0.5) is 0 Å². The number of quaternary nitrogens is 1. The molecule has 0 aromatic heterocycles. The highest BCUT2D eigenvalue weighted by molar-refractivity contribution is 7.98. The highest BCUT2D eigenvalue weighted by atomic mass is 32.2. The molecule has 14 heavy (non-hydrogen) atoms. The lowest BCUT2D eigenvalue weighted by atomic mass is 10.2. The highest BCUT2D eigenvalue weighted by Gasteiger charge is 2.29. The summed E-state index contributed by atoms with van der Waals surface area (Å²) in [5.41, 5.74) is 0. The number of hydroxylamine groups is 2. The maximum absolute atomic E-state index is 11.6. The Morgan fingerprint density at radius 1 is 1.29 bits per heavy atom. The van der Waals surface area contributed by atoms with Crippen molar-refractivity contribution in [2.45, 2.75) is 25.0 Å². The van der Waals surface area contributed by atoms with Crippen molar-refractivity contribution in [3.63, 3.8) is 0 Å². The molecule has 1 heterocycles. The third kappa shape index (κ3) is 3.98. The van der Waals surface area contributed by atoms with E-state index in [1.165, 1.54) is 0 Å². The van der Waals surface area contributed by atoms with Gasteiger partial charge in [-0.3, -0.25) is 5.32 Å². The summed E-state index contributed by atoms with van der Waals surface area (Å²) in [7, 11) is 0. The molecule has 0 bridgehead atoms. The van der Waals surface area contributed by atoms with Gasteiger partial charge in [-0.25, -0.2) is 0 Å². The van der Waals surface area contributed by atoms with Gasteiger partial charge in [-0.15, -0.1) is 0 Å². The van der Waals surface area contributed by atoms with Crippen molar-refractivity contribution in [2.24, 2.45) is 0 Å². The maximum Gasteiger partial charge on any atom is 0.142 e. The smallest absolute Gasteiger partial charge is 0.142 e. The molecule has 0 aromatic rings. The van der Waals surface area contributed by atoms with E-state index in [0.717, 1.165) is 30.9 Å². The zero-order chi connectivity index (χ0) is 10.4. The van der Waals surface area contributed by atoms with Gasteiger partial charge in [-0.1, -0.05) is 0 Å². The highest BCUT2D eigenvalue weighted by Crippen LogP contribution is 2.05. The van der Waals surface area contributed by atoms with Crippen molar-refractivity contribution in [1.29, 1.82) is 0 Å². The van der Waals surface area contributed by atoms with Crippen molar-refractivity contribution in [3.8, 4) is 0 Å². The fraction of sp³-hybridized carbons (Fsp3) is 1.00. The van der Waals surface area contributed by atoms with E-state index in [9.17, 15) is 5.21 Å². The van der Waals surface area contributed by atoms with Gasteiger partial charge in [0.15, 0.2) is 0 Å². The van der Waals surface area contributed by atoms with Gasteiger partial charge >= 0.3 is 0 Å². The van der Waals surface area contributed by atoms with Crippen LogP contribution in [-0.2, 0) is 0 Å². The van der Waals surface area contributed by atoms with Crippen LogP contribution >= 0.6 is 23.5 Å².